The summed E-state index contributed by atoms with van der Waals surface area (Å²) in [4.78, 5) is 21.1. The summed E-state index contributed by atoms with van der Waals surface area (Å²) >= 11 is 2.31. The summed E-state index contributed by atoms with van der Waals surface area (Å²) in [6.45, 7) is 10.6. The molecule has 1 saturated heterocycles. The number of anilines is 1. The van der Waals surface area contributed by atoms with Crippen molar-refractivity contribution in [1.82, 2.24) is 9.88 Å². The van der Waals surface area contributed by atoms with E-state index in [1.165, 1.54) is 3.57 Å². The van der Waals surface area contributed by atoms with Crippen LogP contribution in [-0.2, 0) is 4.74 Å². The molecule has 0 unspecified atom stereocenters. The Morgan fingerprint density at radius 2 is 1.84 bits per heavy atom. The second-order valence-electron chi connectivity index (χ2n) is 7.38. The number of benzene rings is 1. The second kappa shape index (κ2) is 6.97. The van der Waals surface area contributed by atoms with Crippen LogP contribution in [-0.4, -0.2) is 47.8 Å². The van der Waals surface area contributed by atoms with E-state index in [4.69, 9.17) is 9.72 Å². The smallest absolute Gasteiger partial charge is 0.410 e. The van der Waals surface area contributed by atoms with Crippen molar-refractivity contribution in [3.05, 3.63) is 33.5 Å². The minimum Gasteiger partial charge on any atom is -0.444 e. The highest BCUT2D eigenvalue weighted by Gasteiger charge is 2.26. The highest BCUT2D eigenvalue weighted by atomic mass is 127. The van der Waals surface area contributed by atoms with Crippen molar-refractivity contribution in [2.45, 2.75) is 33.3 Å². The predicted molar refractivity (Wildman–Crippen MR) is 109 cm³/mol. The van der Waals surface area contributed by atoms with Crippen LogP contribution in [0.2, 0.25) is 0 Å². The molecule has 1 amide bonds. The lowest BCUT2D eigenvalue weighted by Crippen LogP contribution is -2.50. The molecule has 1 aromatic heterocycles. The third-order valence-electron chi connectivity index (χ3n) is 4.22. The van der Waals surface area contributed by atoms with Gasteiger partial charge < -0.3 is 14.5 Å². The van der Waals surface area contributed by atoms with Gasteiger partial charge >= 0.3 is 6.09 Å². The van der Waals surface area contributed by atoms with Gasteiger partial charge in [-0.15, -0.1) is 0 Å². The summed E-state index contributed by atoms with van der Waals surface area (Å²) in [5.41, 5.74) is 2.75. The van der Waals surface area contributed by atoms with Gasteiger partial charge in [0.2, 0.25) is 0 Å². The molecule has 0 aliphatic carbocycles. The molecule has 3 rings (SSSR count). The van der Waals surface area contributed by atoms with Gasteiger partial charge in [0.25, 0.3) is 0 Å². The van der Waals surface area contributed by atoms with Gasteiger partial charge in [-0.25, -0.2) is 4.79 Å². The first-order valence-electron chi connectivity index (χ1n) is 8.53. The summed E-state index contributed by atoms with van der Waals surface area (Å²) in [6.07, 6.45) is -0.227. The number of rotatable bonds is 1. The Kier molecular flexibility index (Phi) is 5.09. The van der Waals surface area contributed by atoms with Gasteiger partial charge in [0, 0.05) is 35.1 Å². The third kappa shape index (κ3) is 4.34. The number of amides is 1. The summed E-state index contributed by atoms with van der Waals surface area (Å²) in [5, 5.41) is 1.15. The summed E-state index contributed by atoms with van der Waals surface area (Å²) < 4.78 is 6.66. The van der Waals surface area contributed by atoms with Crippen molar-refractivity contribution >= 4 is 45.3 Å². The average Bonchev–Trinajstić information content (AvgIpc) is 2.52. The molecule has 134 valence electrons. The zero-order chi connectivity index (χ0) is 18.2. The van der Waals surface area contributed by atoms with Gasteiger partial charge in [0.05, 0.1) is 16.9 Å². The molecule has 0 atom stereocenters. The molecule has 1 fully saturated rings. The number of hydrogen-bond donors (Lipinski definition) is 0. The number of carbonyl (C=O) groups excluding carboxylic acids is 1. The van der Waals surface area contributed by atoms with Crippen LogP contribution in [0.15, 0.2) is 24.3 Å². The van der Waals surface area contributed by atoms with E-state index in [1.54, 1.807) is 4.90 Å². The van der Waals surface area contributed by atoms with Crippen LogP contribution in [0.25, 0.3) is 10.9 Å². The van der Waals surface area contributed by atoms with Crippen LogP contribution in [0.1, 0.15) is 26.5 Å². The standard InChI is InChI=1S/C19H24IN3O2/c1-13-17(11-14-5-6-15(20)12-16(14)21-13)22-7-9-23(10-8-22)18(24)25-19(2,3)4/h5-6,11-12H,7-10H2,1-4H3. The fraction of sp³-hybridized carbons (Fsp3) is 0.474. The van der Waals surface area contributed by atoms with Gasteiger partial charge in [0.1, 0.15) is 5.60 Å². The number of pyridine rings is 1. The number of piperazine rings is 1. The van der Waals surface area contributed by atoms with Gasteiger partial charge in [-0.3, -0.25) is 4.98 Å². The van der Waals surface area contributed by atoms with E-state index in [1.807, 2.05) is 20.8 Å². The van der Waals surface area contributed by atoms with Crippen LogP contribution in [0.5, 0.6) is 0 Å². The van der Waals surface area contributed by atoms with Gasteiger partial charge in [0.15, 0.2) is 0 Å². The number of ether oxygens (including phenoxy) is 1. The molecule has 0 radical (unpaired) electrons. The zero-order valence-corrected chi connectivity index (χ0v) is 17.3. The lowest BCUT2D eigenvalue weighted by atomic mass is 10.1. The molecular weight excluding hydrogens is 429 g/mol. The molecular formula is C19H24IN3O2. The zero-order valence-electron chi connectivity index (χ0n) is 15.2. The lowest BCUT2D eigenvalue weighted by molar-refractivity contribution is 0.0240. The van der Waals surface area contributed by atoms with Crippen molar-refractivity contribution in [2.75, 3.05) is 31.1 Å². The number of aromatic nitrogens is 1. The monoisotopic (exact) mass is 453 g/mol. The minimum atomic E-state index is -0.454. The Labute approximate surface area is 162 Å². The first kappa shape index (κ1) is 18.2. The number of carbonyl (C=O) groups is 1. The number of halogens is 1. The first-order chi connectivity index (χ1) is 11.7. The fourth-order valence-corrected chi connectivity index (χ4v) is 3.48. The Morgan fingerprint density at radius 3 is 2.48 bits per heavy atom. The Morgan fingerprint density at radius 1 is 1.16 bits per heavy atom. The Bertz CT molecular complexity index is 793. The van der Waals surface area contributed by atoms with Crippen LogP contribution >= 0.6 is 22.6 Å². The normalized spacial score (nSPS) is 15.6. The van der Waals surface area contributed by atoms with Crippen molar-refractivity contribution in [3.8, 4) is 0 Å². The predicted octanol–water partition coefficient (Wildman–Crippen LogP) is 4.20. The van der Waals surface area contributed by atoms with Crippen molar-refractivity contribution in [3.63, 3.8) is 0 Å². The SMILES string of the molecule is Cc1nc2cc(I)ccc2cc1N1CCN(C(=O)OC(C)(C)C)CC1. The molecule has 5 nitrogen and oxygen atoms in total. The maximum absolute atomic E-state index is 12.2. The van der Waals surface area contributed by atoms with Crippen LogP contribution < -0.4 is 4.90 Å². The maximum Gasteiger partial charge on any atom is 0.410 e. The number of hydrogen-bond acceptors (Lipinski definition) is 4. The van der Waals surface area contributed by atoms with Crippen molar-refractivity contribution in [1.29, 1.82) is 0 Å². The number of nitrogens with zero attached hydrogens (tertiary/aromatic N) is 3. The molecule has 0 bridgehead atoms. The summed E-state index contributed by atoms with van der Waals surface area (Å²) in [6, 6.07) is 8.53. The quantitative estimate of drug-likeness (QED) is 0.608. The van der Waals surface area contributed by atoms with Crippen molar-refractivity contribution in [2.24, 2.45) is 0 Å². The lowest BCUT2D eigenvalue weighted by Gasteiger charge is -2.37. The molecule has 1 aliphatic rings. The number of aryl methyl sites for hydroxylation is 1. The molecule has 1 aliphatic heterocycles. The summed E-state index contributed by atoms with van der Waals surface area (Å²) in [7, 11) is 0. The van der Waals surface area contributed by atoms with E-state index >= 15 is 0 Å². The van der Waals surface area contributed by atoms with Gasteiger partial charge in [-0.05, 0) is 68.5 Å². The molecule has 0 N–H and O–H groups in total. The van der Waals surface area contributed by atoms with Crippen LogP contribution in [0.3, 0.4) is 0 Å². The van der Waals surface area contributed by atoms with E-state index in [0.717, 1.165) is 35.4 Å². The van der Waals surface area contributed by atoms with Gasteiger partial charge in [-0.2, -0.15) is 0 Å². The molecule has 1 aromatic carbocycles. The number of fused-ring (bicyclic) bond motifs is 1. The molecule has 25 heavy (non-hydrogen) atoms. The summed E-state index contributed by atoms with van der Waals surface area (Å²) in [5.74, 6) is 0. The second-order valence-corrected chi connectivity index (χ2v) is 8.63. The van der Waals surface area contributed by atoms with E-state index in [-0.39, 0.29) is 6.09 Å². The average molecular weight is 453 g/mol. The highest BCUT2D eigenvalue weighted by molar-refractivity contribution is 14.1. The van der Waals surface area contributed by atoms with E-state index < -0.39 is 5.60 Å². The topological polar surface area (TPSA) is 45.7 Å². The molecule has 2 aromatic rings. The van der Waals surface area contributed by atoms with E-state index in [2.05, 4.69) is 58.7 Å². The Balaban J connectivity index is 1.73. The minimum absolute atomic E-state index is 0.227. The van der Waals surface area contributed by atoms with E-state index in [9.17, 15) is 4.79 Å². The third-order valence-corrected chi connectivity index (χ3v) is 4.89. The molecule has 2 heterocycles. The van der Waals surface area contributed by atoms with Crippen LogP contribution in [0.4, 0.5) is 10.5 Å². The van der Waals surface area contributed by atoms with E-state index in [0.29, 0.717) is 13.1 Å². The van der Waals surface area contributed by atoms with Crippen LogP contribution in [0, 0.1) is 10.5 Å². The maximum atomic E-state index is 12.2. The van der Waals surface area contributed by atoms with Gasteiger partial charge in [-0.1, -0.05) is 6.07 Å². The fourth-order valence-electron chi connectivity index (χ4n) is 3.00. The first-order valence-corrected chi connectivity index (χ1v) is 9.60. The largest absolute Gasteiger partial charge is 0.444 e. The Hall–Kier alpha value is -1.57. The van der Waals surface area contributed by atoms with Crippen molar-refractivity contribution < 1.29 is 9.53 Å². The molecule has 0 spiro atoms. The highest BCUT2D eigenvalue weighted by Crippen LogP contribution is 2.26. The molecule has 6 heteroatoms. The molecule has 0 saturated carbocycles.